The smallest absolute Gasteiger partial charge is 0.423 e. The Balaban J connectivity index is 1.59. The predicted molar refractivity (Wildman–Crippen MR) is 163 cm³/mol. The van der Waals surface area contributed by atoms with Crippen LogP contribution in [-0.4, -0.2) is 42.1 Å². The highest BCUT2D eigenvalue weighted by molar-refractivity contribution is 6.59. The summed E-state index contributed by atoms with van der Waals surface area (Å²) in [6.07, 6.45) is 8.46. The number of nitrogens with one attached hydrogen (secondary N) is 2. The van der Waals surface area contributed by atoms with Crippen LogP contribution in [0.5, 0.6) is 0 Å². The zero-order valence-corrected chi connectivity index (χ0v) is 24.5. The standard InChI is InChI=1S/C33H37BN4O4/c1-24(2)32(39)35-15-9-16-36-33(40)30-18-29(22-38(23-30)19-26-11-5-4-10-25(26)3)27-13-8-17-37(20-27)21-28-12-6-7-14-31(28)34(41)42/h4-8,10-14,17-18,20,22-24,41-42H,9,15-16,19,21H2,1-3H3/p+2. The lowest BCUT2D eigenvalue weighted by atomic mass is 9.77. The van der Waals surface area contributed by atoms with Crippen LogP contribution in [0.4, 0.5) is 0 Å². The molecule has 9 heteroatoms. The lowest BCUT2D eigenvalue weighted by Gasteiger charge is -2.10. The first kappa shape index (κ1) is 30.6. The van der Waals surface area contributed by atoms with E-state index in [1.54, 1.807) is 12.1 Å². The van der Waals surface area contributed by atoms with E-state index < -0.39 is 7.12 Å². The van der Waals surface area contributed by atoms with Crippen LogP contribution in [0, 0.1) is 12.8 Å². The minimum absolute atomic E-state index is 0.00222. The molecule has 216 valence electrons. The van der Waals surface area contributed by atoms with E-state index in [0.29, 0.717) is 43.6 Å². The molecule has 4 aromatic rings. The Morgan fingerprint density at radius 1 is 0.810 bits per heavy atom. The number of pyridine rings is 2. The first-order valence-corrected chi connectivity index (χ1v) is 14.3. The molecular weight excluding hydrogens is 527 g/mol. The molecule has 0 saturated heterocycles. The van der Waals surface area contributed by atoms with Crippen molar-refractivity contribution in [3.05, 3.63) is 114 Å². The minimum atomic E-state index is -1.55. The van der Waals surface area contributed by atoms with Crippen LogP contribution in [0.3, 0.4) is 0 Å². The first-order valence-electron chi connectivity index (χ1n) is 14.3. The monoisotopic (exact) mass is 566 g/mol. The minimum Gasteiger partial charge on any atom is -0.423 e. The number of aromatic nitrogens is 2. The highest BCUT2D eigenvalue weighted by Gasteiger charge is 2.20. The summed E-state index contributed by atoms with van der Waals surface area (Å²) in [7, 11) is -1.55. The van der Waals surface area contributed by atoms with E-state index in [-0.39, 0.29) is 17.7 Å². The highest BCUT2D eigenvalue weighted by Crippen LogP contribution is 2.18. The Hall–Kier alpha value is -4.34. The second-order valence-electron chi connectivity index (χ2n) is 10.8. The van der Waals surface area contributed by atoms with Gasteiger partial charge in [0.25, 0.3) is 5.91 Å². The fourth-order valence-corrected chi connectivity index (χ4v) is 4.72. The van der Waals surface area contributed by atoms with Crippen molar-refractivity contribution < 1.29 is 28.8 Å². The van der Waals surface area contributed by atoms with Crippen LogP contribution in [0.25, 0.3) is 11.1 Å². The van der Waals surface area contributed by atoms with Crippen molar-refractivity contribution in [2.75, 3.05) is 13.1 Å². The van der Waals surface area contributed by atoms with Gasteiger partial charge < -0.3 is 20.7 Å². The van der Waals surface area contributed by atoms with Gasteiger partial charge in [-0.2, -0.15) is 4.57 Å². The fraction of sp³-hybridized carbons (Fsp3) is 0.273. The molecular formula is C33H39BN4O4+2. The molecule has 0 aliphatic heterocycles. The molecule has 0 atom stereocenters. The number of aryl methyl sites for hydroxylation is 1. The van der Waals surface area contributed by atoms with Gasteiger partial charge in [-0.1, -0.05) is 62.4 Å². The summed E-state index contributed by atoms with van der Waals surface area (Å²) in [4.78, 5) is 25.0. The van der Waals surface area contributed by atoms with E-state index in [0.717, 1.165) is 22.3 Å². The van der Waals surface area contributed by atoms with Crippen molar-refractivity contribution >= 4 is 24.4 Å². The SMILES string of the molecule is Cc1ccccc1C[n+]1cc(C(=O)NCCCNC(=O)C(C)C)cc(-c2ccc[n+](Cc3ccccc3B(O)O)c2)c1. The molecule has 0 aliphatic rings. The summed E-state index contributed by atoms with van der Waals surface area (Å²) in [6, 6.07) is 21.3. The van der Waals surface area contributed by atoms with Crippen LogP contribution >= 0.6 is 0 Å². The normalized spacial score (nSPS) is 10.9. The molecule has 2 heterocycles. The summed E-state index contributed by atoms with van der Waals surface area (Å²) in [6.45, 7) is 7.79. The number of nitrogens with zero attached hydrogens (tertiary/aromatic N) is 2. The number of hydrogen-bond acceptors (Lipinski definition) is 4. The third-order valence-electron chi connectivity index (χ3n) is 7.14. The van der Waals surface area contributed by atoms with Gasteiger partial charge in [0.05, 0.1) is 11.1 Å². The zero-order chi connectivity index (χ0) is 30.1. The Kier molecular flexibility index (Phi) is 10.6. The molecule has 4 rings (SSSR count). The maximum Gasteiger partial charge on any atom is 0.488 e. The molecule has 8 nitrogen and oxygen atoms in total. The van der Waals surface area contributed by atoms with Crippen molar-refractivity contribution in [3.8, 4) is 11.1 Å². The van der Waals surface area contributed by atoms with Gasteiger partial charge in [0.1, 0.15) is 5.56 Å². The molecule has 2 amide bonds. The van der Waals surface area contributed by atoms with Gasteiger partial charge in [0, 0.05) is 36.2 Å². The van der Waals surface area contributed by atoms with E-state index >= 15 is 0 Å². The van der Waals surface area contributed by atoms with Gasteiger partial charge in [-0.25, -0.2) is 4.57 Å². The van der Waals surface area contributed by atoms with Gasteiger partial charge in [-0.15, -0.1) is 0 Å². The Morgan fingerprint density at radius 3 is 2.21 bits per heavy atom. The molecule has 0 unspecified atom stereocenters. The molecule has 0 aliphatic carbocycles. The quantitative estimate of drug-likeness (QED) is 0.119. The second kappa shape index (κ2) is 14.5. The summed E-state index contributed by atoms with van der Waals surface area (Å²) in [5.41, 5.74) is 5.95. The predicted octanol–water partition coefficient (Wildman–Crippen LogP) is 1.91. The Labute approximate surface area is 247 Å². The number of carbonyl (C=O) groups excluding carboxylic acids is 2. The fourth-order valence-electron chi connectivity index (χ4n) is 4.72. The average molecular weight is 567 g/mol. The summed E-state index contributed by atoms with van der Waals surface area (Å²) in [5.74, 6) is -0.249. The Morgan fingerprint density at radius 2 is 1.48 bits per heavy atom. The van der Waals surface area contributed by atoms with E-state index in [1.165, 1.54) is 5.56 Å². The topological polar surface area (TPSA) is 106 Å². The molecule has 2 aromatic carbocycles. The Bertz CT molecular complexity index is 1540. The maximum absolute atomic E-state index is 13.3. The molecule has 42 heavy (non-hydrogen) atoms. The molecule has 0 bridgehead atoms. The van der Waals surface area contributed by atoms with Crippen LogP contribution in [0.1, 0.15) is 47.3 Å². The maximum atomic E-state index is 13.3. The van der Waals surface area contributed by atoms with E-state index in [2.05, 4.69) is 29.7 Å². The lowest BCUT2D eigenvalue weighted by Crippen LogP contribution is -2.40. The number of benzene rings is 2. The van der Waals surface area contributed by atoms with Gasteiger partial charge in [-0.05, 0) is 36.5 Å². The van der Waals surface area contributed by atoms with Gasteiger partial charge in [0.15, 0.2) is 37.9 Å². The van der Waals surface area contributed by atoms with E-state index in [4.69, 9.17) is 0 Å². The molecule has 0 saturated carbocycles. The summed E-state index contributed by atoms with van der Waals surface area (Å²) >= 11 is 0. The van der Waals surface area contributed by atoms with Crippen molar-refractivity contribution in [3.63, 3.8) is 0 Å². The van der Waals surface area contributed by atoms with Gasteiger partial charge in [0.2, 0.25) is 5.91 Å². The molecule has 0 spiro atoms. The summed E-state index contributed by atoms with van der Waals surface area (Å²) in [5, 5.41) is 25.5. The number of rotatable bonds is 12. The van der Waals surface area contributed by atoms with Crippen molar-refractivity contribution in [1.29, 1.82) is 0 Å². The van der Waals surface area contributed by atoms with Crippen molar-refractivity contribution in [2.24, 2.45) is 5.92 Å². The highest BCUT2D eigenvalue weighted by atomic mass is 16.4. The van der Waals surface area contributed by atoms with Crippen LogP contribution in [0.15, 0.2) is 91.5 Å². The van der Waals surface area contributed by atoms with Gasteiger partial charge >= 0.3 is 7.12 Å². The largest absolute Gasteiger partial charge is 0.488 e. The molecule has 4 N–H and O–H groups in total. The molecule has 0 fully saturated rings. The number of amides is 2. The third-order valence-corrected chi connectivity index (χ3v) is 7.14. The third kappa shape index (κ3) is 8.34. The second-order valence-corrected chi connectivity index (χ2v) is 10.8. The van der Waals surface area contributed by atoms with Crippen molar-refractivity contribution in [2.45, 2.75) is 40.3 Å². The lowest BCUT2D eigenvalue weighted by molar-refractivity contribution is -0.689. The van der Waals surface area contributed by atoms with E-state index in [1.807, 2.05) is 90.2 Å². The molecule has 0 radical (unpaired) electrons. The van der Waals surface area contributed by atoms with Crippen molar-refractivity contribution in [1.82, 2.24) is 10.6 Å². The average Bonchev–Trinajstić information content (AvgIpc) is 2.98. The summed E-state index contributed by atoms with van der Waals surface area (Å²) < 4.78 is 4.02. The molecule has 2 aromatic heterocycles. The van der Waals surface area contributed by atoms with Crippen LogP contribution < -0.4 is 25.2 Å². The van der Waals surface area contributed by atoms with Crippen LogP contribution in [0.2, 0.25) is 0 Å². The zero-order valence-electron chi connectivity index (χ0n) is 24.5. The number of hydrogen-bond donors (Lipinski definition) is 4. The van der Waals surface area contributed by atoms with Crippen LogP contribution in [-0.2, 0) is 17.9 Å². The van der Waals surface area contributed by atoms with E-state index in [9.17, 15) is 19.6 Å². The van der Waals surface area contributed by atoms with Gasteiger partial charge in [-0.3, -0.25) is 9.59 Å². The first-order chi connectivity index (χ1) is 20.2. The number of carbonyl (C=O) groups is 2.